The number of nitrogens with one attached hydrogen (secondary N) is 3. The van der Waals surface area contributed by atoms with Gasteiger partial charge in [-0.25, -0.2) is 4.79 Å². The number of aliphatic carboxylic acids is 2. The molecule has 0 saturated carbocycles. The van der Waals surface area contributed by atoms with Crippen molar-refractivity contribution in [1.29, 1.82) is 0 Å². The molecule has 1 rings (SSSR count). The van der Waals surface area contributed by atoms with Crippen molar-refractivity contribution in [3.05, 3.63) is 35.9 Å². The summed E-state index contributed by atoms with van der Waals surface area (Å²) in [5.41, 5.74) is 17.2. The molecule has 222 valence electrons. The van der Waals surface area contributed by atoms with E-state index in [9.17, 15) is 29.1 Å². The van der Waals surface area contributed by atoms with E-state index < -0.39 is 53.8 Å². The van der Waals surface area contributed by atoms with Crippen LogP contribution < -0.4 is 33.2 Å². The summed E-state index contributed by atoms with van der Waals surface area (Å²) in [6, 6.07) is 4.14. The maximum Gasteiger partial charge on any atom is 0.326 e. The third-order valence-electron chi connectivity index (χ3n) is 6.28. The van der Waals surface area contributed by atoms with Gasteiger partial charge in [-0.2, -0.15) is 0 Å². The number of carboxylic acid groups (broad SMARTS) is 2. The van der Waals surface area contributed by atoms with Crippen molar-refractivity contribution in [2.24, 2.45) is 28.1 Å². The number of aliphatic imine (C=N–C) groups is 1. The molecule has 0 fully saturated rings. The molecule has 0 bridgehead atoms. The van der Waals surface area contributed by atoms with Crippen LogP contribution in [0, 0.1) is 5.92 Å². The first-order valence-corrected chi connectivity index (χ1v) is 13.1. The first-order valence-electron chi connectivity index (χ1n) is 13.1. The largest absolute Gasteiger partial charge is 0.481 e. The van der Waals surface area contributed by atoms with Crippen molar-refractivity contribution >= 4 is 35.6 Å². The van der Waals surface area contributed by atoms with Gasteiger partial charge in [0.1, 0.15) is 18.1 Å². The summed E-state index contributed by atoms with van der Waals surface area (Å²) in [7, 11) is 0. The lowest BCUT2D eigenvalue weighted by Gasteiger charge is -2.26. The third kappa shape index (κ3) is 12.6. The number of amides is 3. The van der Waals surface area contributed by atoms with Crippen LogP contribution in [0.2, 0.25) is 0 Å². The Hall–Kier alpha value is -4.20. The summed E-state index contributed by atoms with van der Waals surface area (Å²) in [5.74, 6) is -4.99. The fourth-order valence-electron chi connectivity index (χ4n) is 3.73. The van der Waals surface area contributed by atoms with E-state index in [2.05, 4.69) is 20.9 Å². The SMILES string of the molecule is CCC(C)C(NC(=O)C(Cc1ccccc1)NC(=O)C(CCCN=C(N)N)NC(=O)C(N)CCC(=O)O)C(=O)O. The Morgan fingerprint density at radius 2 is 1.50 bits per heavy atom. The monoisotopic (exact) mass is 563 g/mol. The van der Waals surface area contributed by atoms with Crippen molar-refractivity contribution in [2.45, 2.75) is 76.5 Å². The Morgan fingerprint density at radius 1 is 0.900 bits per heavy atom. The second-order valence-corrected chi connectivity index (χ2v) is 9.51. The lowest BCUT2D eigenvalue weighted by Crippen LogP contribution is -2.58. The van der Waals surface area contributed by atoms with Crippen LogP contribution in [0.5, 0.6) is 0 Å². The Morgan fingerprint density at radius 3 is 2.05 bits per heavy atom. The molecule has 0 radical (unpaired) electrons. The number of carboxylic acids is 2. The number of benzene rings is 1. The van der Waals surface area contributed by atoms with E-state index in [0.29, 0.717) is 12.0 Å². The van der Waals surface area contributed by atoms with Gasteiger partial charge in [0.2, 0.25) is 17.7 Å². The summed E-state index contributed by atoms with van der Waals surface area (Å²) in [6.45, 7) is 3.66. The minimum atomic E-state index is -1.20. The molecule has 5 atom stereocenters. The van der Waals surface area contributed by atoms with Gasteiger partial charge in [-0.1, -0.05) is 50.6 Å². The molecule has 0 aliphatic carbocycles. The molecular weight excluding hydrogens is 522 g/mol. The van der Waals surface area contributed by atoms with Gasteiger partial charge in [-0.15, -0.1) is 0 Å². The van der Waals surface area contributed by atoms with E-state index in [4.69, 9.17) is 22.3 Å². The molecule has 0 aliphatic heterocycles. The van der Waals surface area contributed by atoms with Crippen molar-refractivity contribution in [2.75, 3.05) is 6.54 Å². The lowest BCUT2D eigenvalue weighted by molar-refractivity contribution is -0.144. The number of carbonyl (C=O) groups excluding carboxylic acids is 3. The minimum Gasteiger partial charge on any atom is -0.481 e. The van der Waals surface area contributed by atoms with Crippen LogP contribution in [0.1, 0.15) is 51.5 Å². The molecule has 0 spiro atoms. The van der Waals surface area contributed by atoms with Crippen LogP contribution in [0.25, 0.3) is 0 Å². The summed E-state index contributed by atoms with van der Waals surface area (Å²) in [4.78, 5) is 65.7. The maximum absolute atomic E-state index is 13.4. The van der Waals surface area contributed by atoms with E-state index in [1.54, 1.807) is 44.2 Å². The summed E-state index contributed by atoms with van der Waals surface area (Å²) >= 11 is 0. The van der Waals surface area contributed by atoms with E-state index in [1.807, 2.05) is 0 Å². The molecule has 14 heteroatoms. The molecule has 0 aromatic heterocycles. The molecule has 14 nitrogen and oxygen atoms in total. The quantitative estimate of drug-likeness (QED) is 0.0618. The maximum atomic E-state index is 13.4. The molecule has 3 amide bonds. The molecule has 11 N–H and O–H groups in total. The minimum absolute atomic E-state index is 0.0536. The molecular formula is C26H41N7O7. The number of hydrogen-bond acceptors (Lipinski definition) is 7. The van der Waals surface area contributed by atoms with E-state index >= 15 is 0 Å². The highest BCUT2D eigenvalue weighted by Gasteiger charge is 2.32. The number of nitrogens with two attached hydrogens (primary N) is 3. The fourth-order valence-corrected chi connectivity index (χ4v) is 3.73. The van der Waals surface area contributed by atoms with Gasteiger partial charge in [-0.05, 0) is 30.7 Å². The Labute approximate surface area is 233 Å². The number of hydrogen-bond donors (Lipinski definition) is 8. The lowest BCUT2D eigenvalue weighted by atomic mass is 9.98. The molecule has 0 heterocycles. The predicted molar refractivity (Wildman–Crippen MR) is 148 cm³/mol. The predicted octanol–water partition coefficient (Wildman–Crippen LogP) is -0.940. The van der Waals surface area contributed by atoms with Gasteiger partial charge in [-0.3, -0.25) is 24.2 Å². The molecule has 5 unspecified atom stereocenters. The van der Waals surface area contributed by atoms with Crippen LogP contribution in [-0.2, 0) is 30.4 Å². The molecule has 40 heavy (non-hydrogen) atoms. The topological polar surface area (TPSA) is 252 Å². The first kappa shape index (κ1) is 33.8. The zero-order valence-corrected chi connectivity index (χ0v) is 22.8. The Bertz CT molecular complexity index is 1030. The molecule has 1 aromatic carbocycles. The van der Waals surface area contributed by atoms with Crippen molar-refractivity contribution < 1.29 is 34.2 Å². The van der Waals surface area contributed by atoms with Crippen molar-refractivity contribution in [1.82, 2.24) is 16.0 Å². The van der Waals surface area contributed by atoms with E-state index in [1.165, 1.54) is 0 Å². The van der Waals surface area contributed by atoms with Crippen molar-refractivity contribution in [3.63, 3.8) is 0 Å². The average Bonchev–Trinajstić information content (AvgIpc) is 2.90. The van der Waals surface area contributed by atoms with E-state index in [0.717, 1.165) is 0 Å². The van der Waals surface area contributed by atoms with Crippen LogP contribution >= 0.6 is 0 Å². The normalized spacial score (nSPS) is 14.5. The first-order chi connectivity index (χ1) is 18.8. The second kappa shape index (κ2) is 17.4. The smallest absolute Gasteiger partial charge is 0.326 e. The van der Waals surface area contributed by atoms with Crippen LogP contribution in [-0.4, -0.2) is 76.5 Å². The Kier molecular flexibility index (Phi) is 14.7. The highest BCUT2D eigenvalue weighted by Crippen LogP contribution is 2.11. The van der Waals surface area contributed by atoms with Crippen molar-refractivity contribution in [3.8, 4) is 0 Å². The van der Waals surface area contributed by atoms with Crippen LogP contribution in [0.4, 0.5) is 0 Å². The molecule has 0 saturated heterocycles. The second-order valence-electron chi connectivity index (χ2n) is 9.51. The van der Waals surface area contributed by atoms with Gasteiger partial charge in [0.05, 0.1) is 6.04 Å². The standard InChI is InChI=1S/C26H41N7O7/c1-3-15(2)21(25(39)40)33-24(38)19(14-16-8-5-4-6-9-16)32-23(37)18(10-7-13-30-26(28)29)31-22(36)17(27)11-12-20(34)35/h4-6,8-9,15,17-19,21H,3,7,10-14,27H2,1-2H3,(H,31,36)(H,32,37)(H,33,38)(H,34,35)(H,39,40)(H4,28,29,30). The van der Waals surface area contributed by atoms with Gasteiger partial charge in [0.25, 0.3) is 0 Å². The molecule has 1 aromatic rings. The van der Waals surface area contributed by atoms with E-state index in [-0.39, 0.29) is 50.5 Å². The third-order valence-corrected chi connectivity index (χ3v) is 6.28. The number of rotatable bonds is 18. The van der Waals surface area contributed by atoms with Gasteiger partial charge in [0, 0.05) is 19.4 Å². The zero-order chi connectivity index (χ0) is 30.2. The fraction of sp³-hybridized carbons (Fsp3) is 0.538. The van der Waals surface area contributed by atoms with Gasteiger partial charge < -0.3 is 43.4 Å². The summed E-state index contributed by atoms with van der Waals surface area (Å²) in [6.07, 6.45) is 0.428. The van der Waals surface area contributed by atoms with Crippen LogP contribution in [0.15, 0.2) is 35.3 Å². The Balaban J connectivity index is 3.17. The van der Waals surface area contributed by atoms with Gasteiger partial charge >= 0.3 is 11.9 Å². The number of guanidine groups is 1. The highest BCUT2D eigenvalue weighted by atomic mass is 16.4. The zero-order valence-electron chi connectivity index (χ0n) is 22.8. The average molecular weight is 564 g/mol. The summed E-state index contributed by atoms with van der Waals surface area (Å²) in [5, 5.41) is 26.2. The van der Waals surface area contributed by atoms with Gasteiger partial charge in [0.15, 0.2) is 5.96 Å². The summed E-state index contributed by atoms with van der Waals surface area (Å²) < 4.78 is 0. The molecule has 0 aliphatic rings. The highest BCUT2D eigenvalue weighted by molar-refractivity contribution is 5.94. The number of nitrogens with zero attached hydrogens (tertiary/aromatic N) is 1. The van der Waals surface area contributed by atoms with Crippen LogP contribution in [0.3, 0.4) is 0 Å². The number of carbonyl (C=O) groups is 5.